The van der Waals surface area contributed by atoms with E-state index in [9.17, 15) is 13.2 Å². The van der Waals surface area contributed by atoms with Gasteiger partial charge in [0, 0.05) is 18.1 Å². The topological polar surface area (TPSA) is 98.2 Å². The van der Waals surface area contributed by atoms with Crippen molar-refractivity contribution in [1.82, 2.24) is 10.2 Å². The maximum Gasteiger partial charge on any atom is 0.257 e. The Kier molecular flexibility index (Phi) is 5.91. The molecule has 0 atom stereocenters. The molecule has 0 spiro atoms. The third-order valence-electron chi connectivity index (χ3n) is 3.32. The van der Waals surface area contributed by atoms with Crippen LogP contribution in [0.15, 0.2) is 29.2 Å². The first kappa shape index (κ1) is 19.5. The standard InChI is InChI=1S/C16H21N3O4S2/c1-16(2,3)14-18-19-15(24-14)17-13(20)11-5-7-12(8-6-11)25(21,22)10-9-23-4/h5-8H,9-10H2,1-4H3,(H,17,19,20). The van der Waals surface area contributed by atoms with Crippen molar-refractivity contribution in [1.29, 1.82) is 0 Å². The minimum Gasteiger partial charge on any atom is -0.384 e. The van der Waals surface area contributed by atoms with Crippen LogP contribution in [0, 0.1) is 0 Å². The number of nitrogens with zero attached hydrogens (tertiary/aromatic N) is 2. The molecule has 0 saturated carbocycles. The van der Waals surface area contributed by atoms with Gasteiger partial charge in [0.25, 0.3) is 5.91 Å². The van der Waals surface area contributed by atoms with Crippen molar-refractivity contribution < 1.29 is 17.9 Å². The Morgan fingerprint density at radius 2 is 1.84 bits per heavy atom. The van der Waals surface area contributed by atoms with Crippen LogP contribution < -0.4 is 5.32 Å². The highest BCUT2D eigenvalue weighted by molar-refractivity contribution is 7.91. The van der Waals surface area contributed by atoms with Crippen LogP contribution in [0.25, 0.3) is 0 Å². The van der Waals surface area contributed by atoms with Crippen molar-refractivity contribution in [2.75, 3.05) is 24.8 Å². The molecule has 0 aliphatic carbocycles. The van der Waals surface area contributed by atoms with E-state index in [-0.39, 0.29) is 28.6 Å². The number of methoxy groups -OCH3 is 1. The molecule has 2 aromatic rings. The zero-order valence-electron chi connectivity index (χ0n) is 14.6. The number of hydrogen-bond acceptors (Lipinski definition) is 7. The maximum absolute atomic E-state index is 12.3. The minimum atomic E-state index is -3.41. The molecule has 0 radical (unpaired) electrons. The van der Waals surface area contributed by atoms with Crippen molar-refractivity contribution >= 4 is 32.2 Å². The molecule has 25 heavy (non-hydrogen) atoms. The van der Waals surface area contributed by atoms with Crippen molar-refractivity contribution in [2.45, 2.75) is 31.1 Å². The van der Waals surface area contributed by atoms with Crippen LogP contribution in [-0.2, 0) is 20.0 Å². The summed E-state index contributed by atoms with van der Waals surface area (Å²) < 4.78 is 28.9. The Labute approximate surface area is 151 Å². The molecule has 1 amide bonds. The van der Waals surface area contributed by atoms with E-state index < -0.39 is 9.84 Å². The van der Waals surface area contributed by atoms with E-state index in [1.165, 1.54) is 42.7 Å². The van der Waals surface area contributed by atoms with Gasteiger partial charge in [0.2, 0.25) is 5.13 Å². The second-order valence-corrected chi connectivity index (χ2v) is 9.54. The van der Waals surface area contributed by atoms with Crippen LogP contribution in [0.2, 0.25) is 0 Å². The average molecular weight is 383 g/mol. The van der Waals surface area contributed by atoms with E-state index >= 15 is 0 Å². The highest BCUT2D eigenvalue weighted by atomic mass is 32.2. The fourth-order valence-corrected chi connectivity index (χ4v) is 3.84. The summed E-state index contributed by atoms with van der Waals surface area (Å²) in [7, 11) is -1.97. The highest BCUT2D eigenvalue weighted by Crippen LogP contribution is 2.27. The molecule has 9 heteroatoms. The molecule has 1 N–H and O–H groups in total. The Bertz CT molecular complexity index is 837. The number of carbonyl (C=O) groups excluding carboxylic acids is 1. The van der Waals surface area contributed by atoms with E-state index in [1.54, 1.807) is 0 Å². The molecule has 0 unspecified atom stereocenters. The lowest BCUT2D eigenvalue weighted by atomic mass is 9.98. The van der Waals surface area contributed by atoms with Gasteiger partial charge in [-0.05, 0) is 24.3 Å². The Hall–Kier alpha value is -1.84. The number of aromatic nitrogens is 2. The van der Waals surface area contributed by atoms with Gasteiger partial charge in [0.1, 0.15) is 5.01 Å². The van der Waals surface area contributed by atoms with Crippen LogP contribution in [0.1, 0.15) is 36.1 Å². The first-order valence-electron chi connectivity index (χ1n) is 7.60. The number of hydrogen-bond donors (Lipinski definition) is 1. The zero-order valence-corrected chi connectivity index (χ0v) is 16.2. The summed E-state index contributed by atoms with van der Waals surface area (Å²) in [5.74, 6) is -0.465. The Balaban J connectivity index is 2.09. The number of nitrogens with one attached hydrogen (secondary N) is 1. The van der Waals surface area contributed by atoms with Gasteiger partial charge in [-0.15, -0.1) is 10.2 Å². The highest BCUT2D eigenvalue weighted by Gasteiger charge is 2.20. The second-order valence-electron chi connectivity index (χ2n) is 6.45. The van der Waals surface area contributed by atoms with Crippen molar-refractivity contribution in [2.24, 2.45) is 0 Å². The van der Waals surface area contributed by atoms with E-state index in [2.05, 4.69) is 15.5 Å². The molecule has 1 heterocycles. The predicted molar refractivity (Wildman–Crippen MR) is 96.9 cm³/mol. The third-order valence-corrected chi connectivity index (χ3v) is 6.28. The SMILES string of the molecule is COCCS(=O)(=O)c1ccc(C(=O)Nc2nnc(C(C)(C)C)s2)cc1. The van der Waals surface area contributed by atoms with E-state index in [1.807, 2.05) is 20.8 Å². The summed E-state index contributed by atoms with van der Waals surface area (Å²) >= 11 is 1.32. The van der Waals surface area contributed by atoms with Crippen LogP contribution >= 0.6 is 11.3 Å². The summed E-state index contributed by atoms with van der Waals surface area (Å²) in [6.07, 6.45) is 0. The van der Waals surface area contributed by atoms with Crippen LogP contribution in [0.5, 0.6) is 0 Å². The quantitative estimate of drug-likeness (QED) is 0.823. The zero-order chi connectivity index (χ0) is 18.7. The minimum absolute atomic E-state index is 0.102. The summed E-state index contributed by atoms with van der Waals surface area (Å²) in [5.41, 5.74) is 0.206. The van der Waals surface area contributed by atoms with Gasteiger partial charge in [-0.1, -0.05) is 32.1 Å². The number of sulfone groups is 1. The fraction of sp³-hybridized carbons (Fsp3) is 0.438. The molecule has 1 aromatic heterocycles. The first-order valence-corrected chi connectivity index (χ1v) is 10.1. The van der Waals surface area contributed by atoms with Crippen molar-refractivity contribution in [3.8, 4) is 0 Å². The van der Waals surface area contributed by atoms with E-state index in [0.29, 0.717) is 10.7 Å². The number of ether oxygens (including phenoxy) is 1. The molecular formula is C16H21N3O4S2. The normalized spacial score (nSPS) is 12.2. The van der Waals surface area contributed by atoms with Gasteiger partial charge in [0.15, 0.2) is 9.84 Å². The Morgan fingerprint density at radius 3 is 2.36 bits per heavy atom. The molecule has 0 aliphatic rings. The summed E-state index contributed by atoms with van der Waals surface area (Å²) in [5, 5.41) is 11.9. The van der Waals surface area contributed by atoms with Crippen LogP contribution in [0.4, 0.5) is 5.13 Å². The first-order chi connectivity index (χ1) is 11.6. The molecule has 0 bridgehead atoms. The number of amides is 1. The lowest BCUT2D eigenvalue weighted by Gasteiger charge is -2.12. The van der Waals surface area contributed by atoms with Gasteiger partial charge in [-0.2, -0.15) is 0 Å². The lowest BCUT2D eigenvalue weighted by molar-refractivity contribution is 0.102. The molecule has 2 rings (SSSR count). The molecule has 0 aliphatic heterocycles. The largest absolute Gasteiger partial charge is 0.384 e. The van der Waals surface area contributed by atoms with Crippen LogP contribution in [0.3, 0.4) is 0 Å². The van der Waals surface area contributed by atoms with E-state index in [4.69, 9.17) is 4.74 Å². The molecule has 0 saturated heterocycles. The predicted octanol–water partition coefficient (Wildman–Crippen LogP) is 2.51. The fourth-order valence-electron chi connectivity index (χ4n) is 1.87. The molecule has 0 fully saturated rings. The van der Waals surface area contributed by atoms with Crippen molar-refractivity contribution in [3.63, 3.8) is 0 Å². The maximum atomic E-state index is 12.3. The van der Waals surface area contributed by atoms with Gasteiger partial charge < -0.3 is 4.74 Å². The molecular weight excluding hydrogens is 362 g/mol. The summed E-state index contributed by atoms with van der Waals surface area (Å²) in [6.45, 7) is 6.17. The van der Waals surface area contributed by atoms with Gasteiger partial charge in [-0.25, -0.2) is 8.42 Å². The number of carbonyl (C=O) groups is 1. The third kappa shape index (κ3) is 5.07. The van der Waals surface area contributed by atoms with Crippen molar-refractivity contribution in [3.05, 3.63) is 34.8 Å². The average Bonchev–Trinajstić information content (AvgIpc) is 3.02. The number of anilines is 1. The number of rotatable bonds is 6. The van der Waals surface area contributed by atoms with Gasteiger partial charge >= 0.3 is 0 Å². The van der Waals surface area contributed by atoms with Gasteiger partial charge in [0.05, 0.1) is 17.3 Å². The molecule has 1 aromatic carbocycles. The smallest absolute Gasteiger partial charge is 0.257 e. The monoisotopic (exact) mass is 383 g/mol. The summed E-state index contributed by atoms with van der Waals surface area (Å²) in [6, 6.07) is 5.78. The lowest BCUT2D eigenvalue weighted by Crippen LogP contribution is -2.14. The van der Waals surface area contributed by atoms with Crippen LogP contribution in [-0.4, -0.2) is 44.0 Å². The number of benzene rings is 1. The Morgan fingerprint density at radius 1 is 1.20 bits per heavy atom. The summed E-state index contributed by atoms with van der Waals surface area (Å²) in [4.78, 5) is 12.4. The van der Waals surface area contributed by atoms with Gasteiger partial charge in [-0.3, -0.25) is 10.1 Å². The molecule has 7 nitrogen and oxygen atoms in total. The second kappa shape index (κ2) is 7.59. The molecule has 136 valence electrons. The van der Waals surface area contributed by atoms with E-state index in [0.717, 1.165) is 5.01 Å².